The van der Waals surface area contributed by atoms with Gasteiger partial charge < -0.3 is 15.4 Å². The highest BCUT2D eigenvalue weighted by molar-refractivity contribution is 7.17. The molecule has 166 valence electrons. The number of carbonyl (C=O) groups is 3. The second-order valence-corrected chi connectivity index (χ2v) is 9.94. The fraction of sp³-hybridized carbons (Fsp3) is 0.458. The molecule has 1 aliphatic carbocycles. The second-order valence-electron chi connectivity index (χ2n) is 8.83. The Hall–Kier alpha value is -2.67. The number of hydrogen-bond donors (Lipinski definition) is 2. The molecule has 0 spiro atoms. The van der Waals surface area contributed by atoms with Crippen LogP contribution in [0.2, 0.25) is 0 Å². The van der Waals surface area contributed by atoms with E-state index >= 15 is 0 Å². The third-order valence-electron chi connectivity index (χ3n) is 5.67. The number of amides is 2. The molecule has 1 aromatic carbocycles. The SMILES string of the molecule is CCOC(=O)c1c(NC(=O)CNC(=O)c2ccccc2)sc2c1CCC(C(C)(C)C)C2. The van der Waals surface area contributed by atoms with Crippen molar-refractivity contribution in [2.24, 2.45) is 11.3 Å². The minimum Gasteiger partial charge on any atom is -0.462 e. The summed E-state index contributed by atoms with van der Waals surface area (Å²) in [6.45, 7) is 8.57. The topological polar surface area (TPSA) is 84.5 Å². The van der Waals surface area contributed by atoms with Gasteiger partial charge in [-0.3, -0.25) is 9.59 Å². The zero-order valence-corrected chi connectivity index (χ0v) is 19.4. The average Bonchev–Trinajstić information content (AvgIpc) is 3.09. The molecule has 1 aliphatic rings. The molecule has 1 heterocycles. The molecule has 0 radical (unpaired) electrons. The third-order valence-corrected chi connectivity index (χ3v) is 6.84. The van der Waals surface area contributed by atoms with Crippen LogP contribution in [0.4, 0.5) is 5.00 Å². The van der Waals surface area contributed by atoms with Crippen molar-refractivity contribution in [2.75, 3.05) is 18.5 Å². The van der Waals surface area contributed by atoms with Gasteiger partial charge >= 0.3 is 5.97 Å². The van der Waals surface area contributed by atoms with Crippen molar-refractivity contribution in [1.82, 2.24) is 5.32 Å². The molecule has 1 atom stereocenters. The lowest BCUT2D eigenvalue weighted by atomic mass is 9.72. The lowest BCUT2D eigenvalue weighted by Crippen LogP contribution is -2.33. The first-order chi connectivity index (χ1) is 14.7. The number of carbonyl (C=O) groups excluding carboxylic acids is 3. The Kier molecular flexibility index (Phi) is 7.15. The molecule has 0 saturated carbocycles. The largest absolute Gasteiger partial charge is 0.462 e. The summed E-state index contributed by atoms with van der Waals surface area (Å²) >= 11 is 1.45. The van der Waals surface area contributed by atoms with Gasteiger partial charge in [0, 0.05) is 10.4 Å². The molecular weight excluding hydrogens is 412 g/mol. The number of nitrogens with one attached hydrogen (secondary N) is 2. The van der Waals surface area contributed by atoms with E-state index in [9.17, 15) is 14.4 Å². The summed E-state index contributed by atoms with van der Waals surface area (Å²) in [7, 11) is 0. The maximum Gasteiger partial charge on any atom is 0.341 e. The van der Waals surface area contributed by atoms with E-state index in [0.717, 1.165) is 29.7 Å². The molecule has 7 heteroatoms. The maximum atomic E-state index is 12.7. The maximum absolute atomic E-state index is 12.7. The molecule has 1 unspecified atom stereocenters. The molecule has 1 aromatic heterocycles. The van der Waals surface area contributed by atoms with Crippen molar-refractivity contribution >= 4 is 34.1 Å². The fourth-order valence-electron chi connectivity index (χ4n) is 3.86. The summed E-state index contributed by atoms with van der Waals surface area (Å²) < 4.78 is 5.27. The van der Waals surface area contributed by atoms with Crippen LogP contribution in [0.3, 0.4) is 0 Å². The average molecular weight is 443 g/mol. The van der Waals surface area contributed by atoms with Gasteiger partial charge in [0.15, 0.2) is 0 Å². The van der Waals surface area contributed by atoms with Gasteiger partial charge in [0.25, 0.3) is 5.91 Å². The van der Waals surface area contributed by atoms with E-state index in [1.807, 2.05) is 6.07 Å². The molecule has 0 saturated heterocycles. The molecule has 6 nitrogen and oxygen atoms in total. The fourth-order valence-corrected chi connectivity index (χ4v) is 5.19. The Bertz CT molecular complexity index is 960. The normalized spacial score (nSPS) is 15.7. The highest BCUT2D eigenvalue weighted by atomic mass is 32.1. The number of hydrogen-bond acceptors (Lipinski definition) is 5. The summed E-state index contributed by atoms with van der Waals surface area (Å²) in [4.78, 5) is 38.5. The van der Waals surface area contributed by atoms with Gasteiger partial charge in [0.2, 0.25) is 5.91 Å². The lowest BCUT2D eigenvalue weighted by molar-refractivity contribution is -0.115. The van der Waals surface area contributed by atoms with Crippen LogP contribution in [0.15, 0.2) is 30.3 Å². The van der Waals surface area contributed by atoms with Gasteiger partial charge in [-0.25, -0.2) is 4.79 Å². The van der Waals surface area contributed by atoms with Crippen LogP contribution in [0.1, 0.15) is 65.3 Å². The second kappa shape index (κ2) is 9.64. The van der Waals surface area contributed by atoms with E-state index in [2.05, 4.69) is 31.4 Å². The summed E-state index contributed by atoms with van der Waals surface area (Å²) in [5, 5.41) is 5.96. The van der Waals surface area contributed by atoms with E-state index in [1.54, 1.807) is 31.2 Å². The van der Waals surface area contributed by atoms with Crippen molar-refractivity contribution in [3.63, 3.8) is 0 Å². The van der Waals surface area contributed by atoms with Crippen LogP contribution in [0, 0.1) is 11.3 Å². The van der Waals surface area contributed by atoms with Gasteiger partial charge in [-0.15, -0.1) is 11.3 Å². The van der Waals surface area contributed by atoms with E-state index in [-0.39, 0.29) is 30.4 Å². The first-order valence-electron chi connectivity index (χ1n) is 10.7. The monoisotopic (exact) mass is 442 g/mol. The zero-order valence-electron chi connectivity index (χ0n) is 18.5. The van der Waals surface area contributed by atoms with Crippen LogP contribution in [0.5, 0.6) is 0 Å². The number of ether oxygens (including phenoxy) is 1. The number of thiophene rings is 1. The van der Waals surface area contributed by atoms with Gasteiger partial charge in [-0.1, -0.05) is 39.0 Å². The van der Waals surface area contributed by atoms with Crippen LogP contribution in [0.25, 0.3) is 0 Å². The third kappa shape index (κ3) is 5.53. The van der Waals surface area contributed by atoms with Crippen LogP contribution in [-0.4, -0.2) is 30.9 Å². The Labute approximate surface area is 187 Å². The van der Waals surface area contributed by atoms with E-state index < -0.39 is 5.97 Å². The van der Waals surface area contributed by atoms with Crippen molar-refractivity contribution in [1.29, 1.82) is 0 Å². The molecule has 2 amide bonds. The van der Waals surface area contributed by atoms with Crippen molar-refractivity contribution in [2.45, 2.75) is 47.0 Å². The number of anilines is 1. The molecule has 3 rings (SSSR count). The highest BCUT2D eigenvalue weighted by Gasteiger charge is 2.34. The number of esters is 1. The van der Waals surface area contributed by atoms with Crippen LogP contribution < -0.4 is 10.6 Å². The lowest BCUT2D eigenvalue weighted by Gasteiger charge is -2.33. The minimum atomic E-state index is -0.405. The number of benzene rings is 1. The van der Waals surface area contributed by atoms with Crippen LogP contribution >= 0.6 is 11.3 Å². The molecular formula is C24H30N2O4S. The summed E-state index contributed by atoms with van der Waals surface area (Å²) in [6, 6.07) is 8.72. The smallest absolute Gasteiger partial charge is 0.341 e. The quantitative estimate of drug-likeness (QED) is 0.648. The van der Waals surface area contributed by atoms with E-state index in [4.69, 9.17) is 4.74 Å². The zero-order chi connectivity index (χ0) is 22.6. The van der Waals surface area contributed by atoms with Crippen molar-refractivity contribution in [3.05, 3.63) is 51.9 Å². The number of fused-ring (bicyclic) bond motifs is 1. The first-order valence-corrected chi connectivity index (χ1v) is 11.5. The minimum absolute atomic E-state index is 0.177. The van der Waals surface area contributed by atoms with Crippen LogP contribution in [-0.2, 0) is 22.4 Å². The number of rotatable bonds is 6. The van der Waals surface area contributed by atoms with Gasteiger partial charge in [0.1, 0.15) is 5.00 Å². The Balaban J connectivity index is 1.75. The summed E-state index contributed by atoms with van der Waals surface area (Å²) in [5.41, 5.74) is 2.13. The van der Waals surface area contributed by atoms with Gasteiger partial charge in [-0.05, 0) is 55.2 Å². The molecule has 2 aromatic rings. The predicted molar refractivity (Wildman–Crippen MR) is 123 cm³/mol. The van der Waals surface area contributed by atoms with E-state index in [1.165, 1.54) is 11.3 Å². The Morgan fingerprint density at radius 3 is 2.52 bits per heavy atom. The summed E-state index contributed by atoms with van der Waals surface area (Å²) in [5.74, 6) is -0.583. The molecule has 0 aliphatic heterocycles. The predicted octanol–water partition coefficient (Wildman–Crippen LogP) is 4.44. The molecule has 0 fully saturated rings. The molecule has 2 N–H and O–H groups in total. The first kappa shape index (κ1) is 23.0. The van der Waals surface area contributed by atoms with Crippen molar-refractivity contribution in [3.8, 4) is 0 Å². The van der Waals surface area contributed by atoms with E-state index in [0.29, 0.717) is 22.0 Å². The Morgan fingerprint density at radius 2 is 1.87 bits per heavy atom. The molecule has 31 heavy (non-hydrogen) atoms. The Morgan fingerprint density at radius 1 is 1.16 bits per heavy atom. The van der Waals surface area contributed by atoms with Gasteiger partial charge in [-0.2, -0.15) is 0 Å². The van der Waals surface area contributed by atoms with Gasteiger partial charge in [0.05, 0.1) is 18.7 Å². The highest BCUT2D eigenvalue weighted by Crippen LogP contribution is 2.44. The standard InChI is InChI=1S/C24H30N2O4S/c1-5-30-23(29)20-17-12-11-16(24(2,3)4)13-18(17)31-22(20)26-19(27)14-25-21(28)15-9-7-6-8-10-15/h6-10,16H,5,11-14H2,1-4H3,(H,25,28)(H,26,27). The molecule has 0 bridgehead atoms. The van der Waals surface area contributed by atoms with Crippen molar-refractivity contribution < 1.29 is 19.1 Å². The summed E-state index contributed by atoms with van der Waals surface area (Å²) in [6.07, 6.45) is 2.68.